The summed E-state index contributed by atoms with van der Waals surface area (Å²) in [7, 11) is 0. The van der Waals surface area contributed by atoms with E-state index in [9.17, 15) is 9.90 Å². The van der Waals surface area contributed by atoms with Gasteiger partial charge in [0.05, 0.1) is 6.10 Å². The van der Waals surface area contributed by atoms with E-state index < -0.39 is 0 Å². The first-order valence-corrected chi connectivity index (χ1v) is 5.87. The van der Waals surface area contributed by atoms with E-state index >= 15 is 0 Å². The van der Waals surface area contributed by atoms with Gasteiger partial charge in [0.15, 0.2) is 0 Å². The molecule has 1 aromatic carbocycles. The van der Waals surface area contributed by atoms with Gasteiger partial charge in [-0.25, -0.2) is 0 Å². The van der Waals surface area contributed by atoms with Crippen molar-refractivity contribution in [3.63, 3.8) is 0 Å². The van der Waals surface area contributed by atoms with E-state index in [1.807, 2.05) is 31.2 Å². The van der Waals surface area contributed by atoms with Crippen LogP contribution in [0.2, 0.25) is 0 Å². The fourth-order valence-corrected chi connectivity index (χ4v) is 1.44. The number of rotatable bonds is 6. The summed E-state index contributed by atoms with van der Waals surface area (Å²) in [6.45, 7) is 4.76. The van der Waals surface area contributed by atoms with Gasteiger partial charge in [0, 0.05) is 25.7 Å². The smallest absolute Gasteiger partial charge is 0.221 e. The topological polar surface area (TPSA) is 61.4 Å². The summed E-state index contributed by atoms with van der Waals surface area (Å²) in [6, 6.07) is 7.65. The molecule has 4 heteroatoms. The zero-order valence-corrected chi connectivity index (χ0v) is 10.4. The molecular weight excluding hydrogens is 216 g/mol. The van der Waals surface area contributed by atoms with Crippen LogP contribution in [0.25, 0.3) is 0 Å². The average Bonchev–Trinajstić information content (AvgIpc) is 2.30. The quantitative estimate of drug-likeness (QED) is 0.701. The van der Waals surface area contributed by atoms with Gasteiger partial charge in [-0.2, -0.15) is 0 Å². The monoisotopic (exact) mass is 236 g/mol. The fraction of sp³-hybridized carbons (Fsp3) is 0.462. The lowest BCUT2D eigenvalue weighted by Gasteiger charge is -2.09. The number of amides is 1. The number of nitrogens with one attached hydrogen (secondary N) is 2. The molecule has 0 aliphatic heterocycles. The number of benzene rings is 1. The van der Waals surface area contributed by atoms with Crippen LogP contribution in [0.4, 0.5) is 5.69 Å². The standard InChI is InChI=1S/C13H20N2O2/c1-3-13(17)9-14-8-11-4-6-12(7-5-11)15-10(2)16/h4-7,13-14,17H,3,8-9H2,1-2H3,(H,15,16). The van der Waals surface area contributed by atoms with Gasteiger partial charge in [-0.3, -0.25) is 4.79 Å². The molecule has 0 fully saturated rings. The van der Waals surface area contributed by atoms with Crippen LogP contribution in [-0.4, -0.2) is 23.7 Å². The second kappa shape index (κ2) is 7.04. The molecule has 0 aliphatic carbocycles. The van der Waals surface area contributed by atoms with Crippen LogP contribution < -0.4 is 10.6 Å². The first-order chi connectivity index (χ1) is 8.11. The summed E-state index contributed by atoms with van der Waals surface area (Å²) < 4.78 is 0. The molecule has 0 heterocycles. The number of hydrogen-bond acceptors (Lipinski definition) is 3. The molecule has 1 rings (SSSR count). The molecule has 3 N–H and O–H groups in total. The van der Waals surface area contributed by atoms with Gasteiger partial charge in [-0.05, 0) is 24.1 Å². The SMILES string of the molecule is CCC(O)CNCc1ccc(NC(C)=O)cc1. The third-order valence-electron chi connectivity index (χ3n) is 2.45. The lowest BCUT2D eigenvalue weighted by Crippen LogP contribution is -2.25. The number of carbonyl (C=O) groups is 1. The second-order valence-corrected chi connectivity index (χ2v) is 4.07. The summed E-state index contributed by atoms with van der Waals surface area (Å²) in [6.07, 6.45) is 0.475. The van der Waals surface area contributed by atoms with Gasteiger partial charge < -0.3 is 15.7 Å². The van der Waals surface area contributed by atoms with Gasteiger partial charge in [0.1, 0.15) is 0 Å². The Morgan fingerprint density at radius 3 is 2.53 bits per heavy atom. The molecule has 0 aliphatic rings. The van der Waals surface area contributed by atoms with Crippen molar-refractivity contribution in [2.24, 2.45) is 0 Å². The average molecular weight is 236 g/mol. The molecule has 1 unspecified atom stereocenters. The Morgan fingerprint density at radius 2 is 2.00 bits per heavy atom. The van der Waals surface area contributed by atoms with Gasteiger partial charge >= 0.3 is 0 Å². The predicted octanol–water partition coefficient (Wildman–Crippen LogP) is 1.51. The summed E-state index contributed by atoms with van der Waals surface area (Å²) in [5.74, 6) is -0.0676. The van der Waals surface area contributed by atoms with Gasteiger partial charge in [-0.15, -0.1) is 0 Å². The number of aliphatic hydroxyl groups is 1. The minimum atomic E-state index is -0.284. The summed E-state index contributed by atoms with van der Waals surface area (Å²) in [5.41, 5.74) is 1.93. The highest BCUT2D eigenvalue weighted by atomic mass is 16.3. The normalized spacial score (nSPS) is 12.2. The molecule has 1 atom stereocenters. The van der Waals surface area contributed by atoms with Crippen LogP contribution in [-0.2, 0) is 11.3 Å². The first kappa shape index (κ1) is 13.7. The lowest BCUT2D eigenvalue weighted by molar-refractivity contribution is -0.114. The van der Waals surface area contributed by atoms with Crippen molar-refractivity contribution in [1.29, 1.82) is 0 Å². The number of carbonyl (C=O) groups excluding carboxylic acids is 1. The minimum Gasteiger partial charge on any atom is -0.392 e. The Bertz CT molecular complexity index is 349. The van der Waals surface area contributed by atoms with Crippen molar-refractivity contribution >= 4 is 11.6 Å². The predicted molar refractivity (Wildman–Crippen MR) is 68.8 cm³/mol. The molecule has 94 valence electrons. The van der Waals surface area contributed by atoms with Crippen LogP contribution in [0, 0.1) is 0 Å². The van der Waals surface area contributed by atoms with Crippen molar-refractivity contribution in [1.82, 2.24) is 5.32 Å². The van der Waals surface area contributed by atoms with Crippen molar-refractivity contribution in [3.8, 4) is 0 Å². The van der Waals surface area contributed by atoms with Gasteiger partial charge in [-0.1, -0.05) is 19.1 Å². The molecular formula is C13H20N2O2. The summed E-state index contributed by atoms with van der Waals surface area (Å²) in [4.78, 5) is 10.8. The third-order valence-corrected chi connectivity index (χ3v) is 2.45. The lowest BCUT2D eigenvalue weighted by atomic mass is 10.2. The molecule has 0 saturated carbocycles. The van der Waals surface area contributed by atoms with E-state index in [1.54, 1.807) is 0 Å². The Labute approximate surface area is 102 Å². The molecule has 0 bridgehead atoms. The molecule has 4 nitrogen and oxygen atoms in total. The van der Waals surface area contributed by atoms with Crippen LogP contribution in [0.1, 0.15) is 25.8 Å². The molecule has 1 aromatic rings. The highest BCUT2D eigenvalue weighted by molar-refractivity contribution is 5.88. The van der Waals surface area contributed by atoms with E-state index in [2.05, 4.69) is 10.6 Å². The van der Waals surface area contributed by atoms with E-state index in [0.717, 1.165) is 24.2 Å². The first-order valence-electron chi connectivity index (χ1n) is 5.87. The van der Waals surface area contributed by atoms with E-state index in [1.165, 1.54) is 6.92 Å². The number of hydrogen-bond donors (Lipinski definition) is 3. The summed E-state index contributed by atoms with van der Waals surface area (Å²) in [5, 5.41) is 15.3. The second-order valence-electron chi connectivity index (χ2n) is 4.07. The highest BCUT2D eigenvalue weighted by Gasteiger charge is 2.00. The Hall–Kier alpha value is -1.39. The van der Waals surface area contributed by atoms with Crippen LogP contribution in [0.3, 0.4) is 0 Å². The van der Waals surface area contributed by atoms with Crippen molar-refractivity contribution in [2.45, 2.75) is 32.9 Å². The summed E-state index contributed by atoms with van der Waals surface area (Å²) >= 11 is 0. The van der Waals surface area contributed by atoms with Crippen molar-refractivity contribution in [2.75, 3.05) is 11.9 Å². The maximum Gasteiger partial charge on any atom is 0.221 e. The molecule has 0 saturated heterocycles. The van der Waals surface area contributed by atoms with Crippen LogP contribution in [0.15, 0.2) is 24.3 Å². The zero-order valence-electron chi connectivity index (χ0n) is 10.4. The molecule has 0 radical (unpaired) electrons. The van der Waals surface area contributed by atoms with E-state index in [4.69, 9.17) is 0 Å². The third kappa shape index (κ3) is 5.47. The largest absolute Gasteiger partial charge is 0.392 e. The molecule has 0 aromatic heterocycles. The van der Waals surface area contributed by atoms with E-state index in [-0.39, 0.29) is 12.0 Å². The Balaban J connectivity index is 2.37. The zero-order chi connectivity index (χ0) is 12.7. The Morgan fingerprint density at radius 1 is 1.35 bits per heavy atom. The highest BCUT2D eigenvalue weighted by Crippen LogP contribution is 2.09. The Kier molecular flexibility index (Phi) is 5.66. The van der Waals surface area contributed by atoms with Crippen LogP contribution >= 0.6 is 0 Å². The van der Waals surface area contributed by atoms with Gasteiger partial charge in [0.2, 0.25) is 5.91 Å². The maximum absolute atomic E-state index is 10.8. The van der Waals surface area contributed by atoms with E-state index in [0.29, 0.717) is 6.54 Å². The molecule has 0 spiro atoms. The molecule has 1 amide bonds. The fourth-order valence-electron chi connectivity index (χ4n) is 1.44. The number of anilines is 1. The maximum atomic E-state index is 10.8. The minimum absolute atomic E-state index is 0.0676. The van der Waals surface area contributed by atoms with Crippen molar-refractivity contribution in [3.05, 3.63) is 29.8 Å². The number of aliphatic hydroxyl groups excluding tert-OH is 1. The van der Waals surface area contributed by atoms with Crippen LogP contribution in [0.5, 0.6) is 0 Å². The van der Waals surface area contributed by atoms with Crippen molar-refractivity contribution < 1.29 is 9.90 Å². The van der Waals surface area contributed by atoms with Gasteiger partial charge in [0.25, 0.3) is 0 Å². The molecule has 17 heavy (non-hydrogen) atoms.